The number of hydrogen-bond acceptors (Lipinski definition) is 4. The van der Waals surface area contributed by atoms with E-state index in [0.29, 0.717) is 19.3 Å². The van der Waals surface area contributed by atoms with Crippen LogP contribution < -0.4 is 0 Å². The van der Waals surface area contributed by atoms with Gasteiger partial charge in [-0.3, -0.25) is 14.4 Å². The van der Waals surface area contributed by atoms with Crippen LogP contribution in [-0.2, 0) is 19.1 Å². The van der Waals surface area contributed by atoms with E-state index in [1.807, 2.05) is 6.92 Å². The third kappa shape index (κ3) is 5.36. The van der Waals surface area contributed by atoms with Crippen LogP contribution in [0.1, 0.15) is 51.9 Å². The van der Waals surface area contributed by atoms with Crippen molar-refractivity contribution in [3.05, 3.63) is 0 Å². The number of unbranched alkanes of at least 4 members (excludes halogenated alkanes) is 1. The fourth-order valence-electron chi connectivity index (χ4n) is 2.73. The van der Waals surface area contributed by atoms with Crippen LogP contribution in [-0.4, -0.2) is 34.7 Å². The fourth-order valence-corrected chi connectivity index (χ4v) is 2.73. The van der Waals surface area contributed by atoms with Crippen LogP contribution in [0.15, 0.2) is 0 Å². The first-order chi connectivity index (χ1) is 9.97. The van der Waals surface area contributed by atoms with E-state index in [0.717, 1.165) is 25.7 Å². The van der Waals surface area contributed by atoms with Crippen molar-refractivity contribution >= 4 is 17.9 Å². The molecule has 2 N–H and O–H groups in total. The highest BCUT2D eigenvalue weighted by Crippen LogP contribution is 2.31. The molecule has 0 spiro atoms. The molecule has 6 heteroatoms. The summed E-state index contributed by atoms with van der Waals surface area (Å²) in [5.74, 6) is -4.57. The molecule has 1 fully saturated rings. The molecule has 0 saturated heterocycles. The molecule has 1 saturated carbocycles. The van der Waals surface area contributed by atoms with Gasteiger partial charge in [-0.15, -0.1) is 0 Å². The summed E-state index contributed by atoms with van der Waals surface area (Å²) < 4.78 is 5.10. The molecule has 0 aromatic rings. The van der Waals surface area contributed by atoms with Gasteiger partial charge in [0.2, 0.25) is 0 Å². The van der Waals surface area contributed by atoms with Crippen molar-refractivity contribution in [2.45, 2.75) is 51.9 Å². The van der Waals surface area contributed by atoms with Crippen LogP contribution in [0.3, 0.4) is 0 Å². The summed E-state index contributed by atoms with van der Waals surface area (Å²) in [6.07, 6.45) is 4.69. The zero-order chi connectivity index (χ0) is 15.8. The minimum Gasteiger partial charge on any atom is -0.481 e. The SMILES string of the molecule is CCCCC(COC(=O)C1CCCCC1C(=O)O)C(=O)O. The van der Waals surface area contributed by atoms with Gasteiger partial charge in [0.05, 0.1) is 17.8 Å². The van der Waals surface area contributed by atoms with Gasteiger partial charge < -0.3 is 14.9 Å². The largest absolute Gasteiger partial charge is 0.481 e. The van der Waals surface area contributed by atoms with Gasteiger partial charge >= 0.3 is 17.9 Å². The predicted molar refractivity (Wildman–Crippen MR) is 74.7 cm³/mol. The Balaban J connectivity index is 2.53. The second-order valence-electron chi connectivity index (χ2n) is 5.64. The molecule has 0 aliphatic heterocycles. The second kappa shape index (κ2) is 8.64. The first-order valence-corrected chi connectivity index (χ1v) is 7.59. The molecule has 3 unspecified atom stereocenters. The Morgan fingerprint density at radius 1 is 1.14 bits per heavy atom. The number of carbonyl (C=O) groups is 3. The Kier molecular flexibility index (Phi) is 7.19. The number of aliphatic carboxylic acids is 2. The lowest BCUT2D eigenvalue weighted by molar-refractivity contribution is -0.162. The minimum absolute atomic E-state index is 0.170. The minimum atomic E-state index is -0.977. The van der Waals surface area contributed by atoms with Crippen LogP contribution in [0.5, 0.6) is 0 Å². The number of rotatable bonds is 8. The van der Waals surface area contributed by atoms with E-state index in [2.05, 4.69) is 0 Å². The Labute approximate surface area is 124 Å². The molecule has 3 atom stereocenters. The maximum Gasteiger partial charge on any atom is 0.309 e. The smallest absolute Gasteiger partial charge is 0.309 e. The van der Waals surface area contributed by atoms with E-state index >= 15 is 0 Å². The molecular formula is C15H24O6. The fraction of sp³-hybridized carbons (Fsp3) is 0.800. The van der Waals surface area contributed by atoms with Gasteiger partial charge in [0.25, 0.3) is 0 Å². The van der Waals surface area contributed by atoms with Crippen LogP contribution in [0.2, 0.25) is 0 Å². The van der Waals surface area contributed by atoms with Crippen LogP contribution in [0.25, 0.3) is 0 Å². The van der Waals surface area contributed by atoms with Gasteiger partial charge in [0.1, 0.15) is 6.61 Å². The van der Waals surface area contributed by atoms with E-state index in [-0.39, 0.29) is 6.61 Å². The van der Waals surface area contributed by atoms with Crippen molar-refractivity contribution in [2.75, 3.05) is 6.61 Å². The van der Waals surface area contributed by atoms with Gasteiger partial charge in [0, 0.05) is 0 Å². The van der Waals surface area contributed by atoms with E-state index in [1.54, 1.807) is 0 Å². The number of hydrogen-bond donors (Lipinski definition) is 2. The van der Waals surface area contributed by atoms with Gasteiger partial charge in [-0.25, -0.2) is 0 Å². The number of carboxylic acid groups (broad SMARTS) is 2. The highest BCUT2D eigenvalue weighted by Gasteiger charge is 2.37. The molecule has 0 heterocycles. The number of carbonyl (C=O) groups excluding carboxylic acids is 1. The molecule has 0 aromatic carbocycles. The summed E-state index contributed by atoms with van der Waals surface area (Å²) in [7, 11) is 0. The van der Waals surface area contributed by atoms with Crippen molar-refractivity contribution in [3.8, 4) is 0 Å². The Bertz CT molecular complexity index is 378. The number of carboxylic acids is 2. The van der Waals surface area contributed by atoms with E-state index in [1.165, 1.54) is 0 Å². The molecule has 6 nitrogen and oxygen atoms in total. The molecule has 0 bridgehead atoms. The summed E-state index contributed by atoms with van der Waals surface area (Å²) >= 11 is 0. The molecule has 0 amide bonds. The van der Waals surface area contributed by atoms with Crippen LogP contribution in [0.4, 0.5) is 0 Å². The van der Waals surface area contributed by atoms with Crippen LogP contribution in [0, 0.1) is 17.8 Å². The molecule has 0 aromatic heterocycles. The first-order valence-electron chi connectivity index (χ1n) is 7.59. The highest BCUT2D eigenvalue weighted by molar-refractivity contribution is 5.81. The number of esters is 1. The molecule has 21 heavy (non-hydrogen) atoms. The zero-order valence-corrected chi connectivity index (χ0v) is 12.4. The Morgan fingerprint density at radius 2 is 1.76 bits per heavy atom. The van der Waals surface area contributed by atoms with Crippen LogP contribution >= 0.6 is 0 Å². The summed E-state index contributed by atoms with van der Waals surface area (Å²) in [6.45, 7) is 1.79. The lowest BCUT2D eigenvalue weighted by Crippen LogP contribution is -2.35. The maximum absolute atomic E-state index is 12.0. The van der Waals surface area contributed by atoms with Crippen molar-refractivity contribution in [2.24, 2.45) is 17.8 Å². The third-order valence-electron chi connectivity index (χ3n) is 4.07. The lowest BCUT2D eigenvalue weighted by atomic mass is 9.79. The molecule has 0 radical (unpaired) electrons. The van der Waals surface area contributed by atoms with E-state index in [9.17, 15) is 14.4 Å². The summed E-state index contributed by atoms with van der Waals surface area (Å²) in [5, 5.41) is 18.2. The predicted octanol–water partition coefficient (Wildman–Crippen LogP) is 2.31. The molecule has 1 rings (SSSR count). The quantitative estimate of drug-likeness (QED) is 0.667. The Morgan fingerprint density at radius 3 is 2.29 bits per heavy atom. The summed E-state index contributed by atoms with van der Waals surface area (Å²) in [4.78, 5) is 34.3. The standard InChI is InChI=1S/C15H24O6/c1-2-3-6-10(13(16)17)9-21-15(20)12-8-5-4-7-11(12)14(18)19/h10-12H,2-9H2,1H3,(H,16,17)(H,18,19). The molecule has 1 aliphatic carbocycles. The van der Waals surface area contributed by atoms with Gasteiger partial charge in [-0.05, 0) is 19.3 Å². The summed E-state index contributed by atoms with van der Waals surface area (Å²) in [6, 6.07) is 0. The van der Waals surface area contributed by atoms with Gasteiger partial charge in [-0.1, -0.05) is 32.6 Å². The van der Waals surface area contributed by atoms with Crippen molar-refractivity contribution in [1.29, 1.82) is 0 Å². The average molecular weight is 300 g/mol. The van der Waals surface area contributed by atoms with Crippen molar-refractivity contribution in [3.63, 3.8) is 0 Å². The Hall–Kier alpha value is -1.59. The second-order valence-corrected chi connectivity index (χ2v) is 5.64. The maximum atomic E-state index is 12.0. The number of ether oxygens (including phenoxy) is 1. The summed E-state index contributed by atoms with van der Waals surface area (Å²) in [5.41, 5.74) is 0. The van der Waals surface area contributed by atoms with Crippen molar-refractivity contribution in [1.82, 2.24) is 0 Å². The average Bonchev–Trinajstić information content (AvgIpc) is 2.46. The first kappa shape index (κ1) is 17.5. The normalized spacial score (nSPS) is 23.3. The zero-order valence-electron chi connectivity index (χ0n) is 12.4. The monoisotopic (exact) mass is 300 g/mol. The lowest BCUT2D eigenvalue weighted by Gasteiger charge is -2.27. The molecule has 120 valence electrons. The topological polar surface area (TPSA) is 101 Å². The van der Waals surface area contributed by atoms with Gasteiger partial charge in [0.15, 0.2) is 0 Å². The van der Waals surface area contributed by atoms with E-state index in [4.69, 9.17) is 14.9 Å². The van der Waals surface area contributed by atoms with E-state index < -0.39 is 35.7 Å². The van der Waals surface area contributed by atoms with Crippen molar-refractivity contribution < 1.29 is 29.3 Å². The third-order valence-corrected chi connectivity index (χ3v) is 4.07. The molecule has 1 aliphatic rings. The molecular weight excluding hydrogens is 276 g/mol. The highest BCUT2D eigenvalue weighted by atomic mass is 16.5. The van der Waals surface area contributed by atoms with Gasteiger partial charge in [-0.2, -0.15) is 0 Å².